The smallest absolute Gasteiger partial charge is 0.0230 e. The largest absolute Gasteiger partial charge is 0.299 e. The molecule has 18 heavy (non-hydrogen) atoms. The molecule has 0 unspecified atom stereocenters. The van der Waals surface area contributed by atoms with Crippen LogP contribution >= 0.6 is 0 Å². The number of nitrogens with zero attached hydrogens (tertiary/aromatic N) is 1. The summed E-state index contributed by atoms with van der Waals surface area (Å²) in [5.41, 5.74) is 1.51. The summed E-state index contributed by atoms with van der Waals surface area (Å²) in [5.74, 6) is 1.69. The molecule has 1 aliphatic heterocycles. The van der Waals surface area contributed by atoms with Crippen molar-refractivity contribution in [1.29, 1.82) is 0 Å². The van der Waals surface area contributed by atoms with Gasteiger partial charge in [0.2, 0.25) is 0 Å². The molecular formula is C17H31N. The Labute approximate surface area is 114 Å². The van der Waals surface area contributed by atoms with E-state index >= 15 is 0 Å². The van der Waals surface area contributed by atoms with Gasteiger partial charge in [0.25, 0.3) is 0 Å². The molecule has 0 bridgehead atoms. The molecule has 0 aromatic heterocycles. The Hall–Kier alpha value is -0.560. The van der Waals surface area contributed by atoms with Crippen molar-refractivity contribution in [3.8, 4) is 0 Å². The Bertz CT molecular complexity index is 267. The van der Waals surface area contributed by atoms with Crippen molar-refractivity contribution < 1.29 is 0 Å². The molecule has 1 saturated heterocycles. The molecule has 0 aromatic rings. The maximum Gasteiger partial charge on any atom is 0.0230 e. The highest BCUT2D eigenvalue weighted by Gasteiger charge is 2.15. The van der Waals surface area contributed by atoms with Crippen molar-refractivity contribution in [2.75, 3.05) is 19.6 Å². The lowest BCUT2D eigenvalue weighted by atomic mass is 9.98. The van der Waals surface area contributed by atoms with E-state index in [-0.39, 0.29) is 0 Å². The molecule has 0 spiro atoms. The standard InChI is InChI=1S/C17H31N/c1-5-6-7-17(9-8-15(2)3)14-18-12-10-16(4)11-13-18/h6-7,9,15-16H,5,8,10-14H2,1-4H3. The Morgan fingerprint density at radius 3 is 2.50 bits per heavy atom. The van der Waals surface area contributed by atoms with Gasteiger partial charge < -0.3 is 0 Å². The highest BCUT2D eigenvalue weighted by atomic mass is 15.1. The SMILES string of the molecule is CCC=CC(=CCC(C)C)CN1CCC(C)CC1. The van der Waals surface area contributed by atoms with E-state index in [1.165, 1.54) is 37.9 Å². The van der Waals surface area contributed by atoms with E-state index in [0.717, 1.165) is 24.8 Å². The van der Waals surface area contributed by atoms with Gasteiger partial charge in [0.15, 0.2) is 0 Å². The molecule has 1 heteroatoms. The number of likely N-dealkylation sites (tertiary alicyclic amines) is 1. The molecule has 1 aliphatic rings. The topological polar surface area (TPSA) is 3.24 Å². The first kappa shape index (κ1) is 15.5. The summed E-state index contributed by atoms with van der Waals surface area (Å²) in [6.45, 7) is 12.9. The molecule has 0 radical (unpaired) electrons. The second kappa shape index (κ2) is 8.53. The minimum Gasteiger partial charge on any atom is -0.299 e. The van der Waals surface area contributed by atoms with Gasteiger partial charge in [0.05, 0.1) is 0 Å². The zero-order valence-corrected chi connectivity index (χ0v) is 12.8. The molecule has 104 valence electrons. The zero-order chi connectivity index (χ0) is 13.4. The maximum absolute atomic E-state index is 2.62. The van der Waals surface area contributed by atoms with Crippen molar-refractivity contribution in [1.82, 2.24) is 4.90 Å². The van der Waals surface area contributed by atoms with Gasteiger partial charge in [-0.3, -0.25) is 4.90 Å². The molecule has 1 fully saturated rings. The van der Waals surface area contributed by atoms with E-state index in [2.05, 4.69) is 50.8 Å². The van der Waals surface area contributed by atoms with Crippen molar-refractivity contribution in [3.63, 3.8) is 0 Å². The first-order chi connectivity index (χ1) is 8.61. The molecule has 1 rings (SSSR count). The molecule has 0 amide bonds. The molecule has 1 nitrogen and oxygen atoms in total. The average Bonchev–Trinajstić information content (AvgIpc) is 2.35. The Morgan fingerprint density at radius 2 is 1.94 bits per heavy atom. The molecule has 1 heterocycles. The summed E-state index contributed by atoms with van der Waals surface area (Å²) in [6.07, 6.45) is 12.1. The van der Waals surface area contributed by atoms with Crippen LogP contribution in [0.5, 0.6) is 0 Å². The number of piperidine rings is 1. The van der Waals surface area contributed by atoms with Crippen molar-refractivity contribution >= 4 is 0 Å². The lowest BCUT2D eigenvalue weighted by Gasteiger charge is -2.30. The van der Waals surface area contributed by atoms with Crippen molar-refractivity contribution in [2.24, 2.45) is 11.8 Å². The average molecular weight is 249 g/mol. The molecule has 0 aromatic carbocycles. The van der Waals surface area contributed by atoms with E-state index in [1.807, 2.05) is 0 Å². The van der Waals surface area contributed by atoms with Crippen molar-refractivity contribution in [3.05, 3.63) is 23.8 Å². The van der Waals surface area contributed by atoms with Gasteiger partial charge in [-0.15, -0.1) is 0 Å². The highest BCUT2D eigenvalue weighted by Crippen LogP contribution is 2.18. The summed E-state index contributed by atoms with van der Waals surface area (Å²) < 4.78 is 0. The lowest BCUT2D eigenvalue weighted by Crippen LogP contribution is -2.34. The molecular weight excluding hydrogens is 218 g/mol. The van der Waals surface area contributed by atoms with E-state index in [1.54, 1.807) is 0 Å². The minimum absolute atomic E-state index is 0.761. The van der Waals surface area contributed by atoms with E-state index < -0.39 is 0 Å². The molecule has 0 aliphatic carbocycles. The normalized spacial score (nSPS) is 20.2. The number of allylic oxidation sites excluding steroid dienone is 2. The van der Waals surface area contributed by atoms with E-state index in [4.69, 9.17) is 0 Å². The molecule has 0 N–H and O–H groups in total. The first-order valence-electron chi connectivity index (χ1n) is 7.69. The summed E-state index contributed by atoms with van der Waals surface area (Å²) in [4.78, 5) is 2.62. The van der Waals surface area contributed by atoms with Gasteiger partial charge >= 0.3 is 0 Å². The number of hydrogen-bond donors (Lipinski definition) is 0. The summed E-state index contributed by atoms with van der Waals surface area (Å²) in [7, 11) is 0. The van der Waals surface area contributed by atoms with Gasteiger partial charge in [0, 0.05) is 6.54 Å². The van der Waals surface area contributed by atoms with Crippen LogP contribution in [0.2, 0.25) is 0 Å². The van der Waals surface area contributed by atoms with E-state index in [9.17, 15) is 0 Å². The molecule has 0 saturated carbocycles. The summed E-state index contributed by atoms with van der Waals surface area (Å²) >= 11 is 0. The second-order valence-electron chi connectivity index (χ2n) is 6.18. The van der Waals surface area contributed by atoms with Crippen LogP contribution in [-0.2, 0) is 0 Å². The Kier molecular flexibility index (Phi) is 7.34. The number of rotatable bonds is 6. The third-order valence-electron chi connectivity index (χ3n) is 3.70. The summed E-state index contributed by atoms with van der Waals surface area (Å²) in [6, 6.07) is 0. The van der Waals surface area contributed by atoms with Crippen molar-refractivity contribution in [2.45, 2.75) is 53.4 Å². The monoisotopic (exact) mass is 249 g/mol. The Balaban J connectivity index is 2.49. The van der Waals surface area contributed by atoms with Gasteiger partial charge in [-0.1, -0.05) is 45.9 Å². The lowest BCUT2D eigenvalue weighted by molar-refractivity contribution is 0.207. The van der Waals surface area contributed by atoms with Crippen LogP contribution in [0.15, 0.2) is 23.8 Å². The predicted molar refractivity (Wildman–Crippen MR) is 81.8 cm³/mol. The van der Waals surface area contributed by atoms with Crippen LogP contribution in [0.25, 0.3) is 0 Å². The van der Waals surface area contributed by atoms with Gasteiger partial charge in [-0.2, -0.15) is 0 Å². The van der Waals surface area contributed by atoms with Crippen LogP contribution < -0.4 is 0 Å². The van der Waals surface area contributed by atoms with Crippen LogP contribution in [0.1, 0.15) is 53.4 Å². The van der Waals surface area contributed by atoms with Crippen LogP contribution in [0, 0.1) is 11.8 Å². The van der Waals surface area contributed by atoms with Crippen LogP contribution in [0.3, 0.4) is 0 Å². The maximum atomic E-state index is 2.62. The zero-order valence-electron chi connectivity index (χ0n) is 12.8. The highest BCUT2D eigenvalue weighted by molar-refractivity contribution is 5.20. The molecule has 0 atom stereocenters. The van der Waals surface area contributed by atoms with Gasteiger partial charge in [-0.25, -0.2) is 0 Å². The number of hydrogen-bond acceptors (Lipinski definition) is 1. The van der Waals surface area contributed by atoms with Gasteiger partial charge in [0.1, 0.15) is 0 Å². The third-order valence-corrected chi connectivity index (χ3v) is 3.70. The fourth-order valence-electron chi connectivity index (χ4n) is 2.32. The fourth-order valence-corrected chi connectivity index (χ4v) is 2.32. The van der Waals surface area contributed by atoms with E-state index in [0.29, 0.717) is 0 Å². The van der Waals surface area contributed by atoms with Gasteiger partial charge in [-0.05, 0) is 56.2 Å². The third kappa shape index (κ3) is 6.39. The quantitative estimate of drug-likeness (QED) is 0.619. The minimum atomic E-state index is 0.761. The summed E-state index contributed by atoms with van der Waals surface area (Å²) in [5, 5.41) is 0. The van der Waals surface area contributed by atoms with Crippen LogP contribution in [0.4, 0.5) is 0 Å². The van der Waals surface area contributed by atoms with Crippen LogP contribution in [-0.4, -0.2) is 24.5 Å². The Morgan fingerprint density at radius 1 is 1.28 bits per heavy atom. The fraction of sp³-hybridized carbons (Fsp3) is 0.765. The first-order valence-corrected chi connectivity index (χ1v) is 7.69. The second-order valence-corrected chi connectivity index (χ2v) is 6.18. The predicted octanol–water partition coefficient (Wildman–Crippen LogP) is 4.66.